The number of nitrogens with two attached hydrogens (primary N) is 1. The zero-order chi connectivity index (χ0) is 12.4. The molecule has 0 aromatic carbocycles. The Kier molecular flexibility index (Phi) is 3.80. The Morgan fingerprint density at radius 1 is 1.24 bits per heavy atom. The predicted molar refractivity (Wildman–Crippen MR) is 70.1 cm³/mol. The van der Waals surface area contributed by atoms with E-state index in [9.17, 15) is 0 Å². The van der Waals surface area contributed by atoms with Crippen LogP contribution in [0.15, 0.2) is 0 Å². The molecule has 1 unspecified atom stereocenters. The van der Waals surface area contributed by atoms with E-state index >= 15 is 0 Å². The first-order chi connectivity index (χ1) is 8.13. The summed E-state index contributed by atoms with van der Waals surface area (Å²) in [5.41, 5.74) is 6.93. The minimum Gasteiger partial charge on any atom is -0.322 e. The summed E-state index contributed by atoms with van der Waals surface area (Å²) >= 11 is 2.91. The highest BCUT2D eigenvalue weighted by Gasteiger charge is 2.19. The van der Waals surface area contributed by atoms with Crippen molar-refractivity contribution in [1.82, 2.24) is 19.8 Å². The van der Waals surface area contributed by atoms with E-state index in [0.717, 1.165) is 27.0 Å². The van der Waals surface area contributed by atoms with Gasteiger partial charge in [-0.1, -0.05) is 36.6 Å². The highest BCUT2D eigenvalue weighted by molar-refractivity contribution is 7.19. The third-order valence-corrected chi connectivity index (χ3v) is 4.40. The van der Waals surface area contributed by atoms with Crippen LogP contribution in [0.1, 0.15) is 49.9 Å². The Hall–Kier alpha value is -0.920. The normalized spacial score (nSPS) is 13.2. The highest BCUT2D eigenvalue weighted by atomic mass is 32.1. The summed E-state index contributed by atoms with van der Waals surface area (Å²) in [6.07, 6.45) is 0.868. The van der Waals surface area contributed by atoms with Crippen LogP contribution in [0.3, 0.4) is 0 Å². The molecule has 2 aromatic rings. The standard InChI is InChI=1S/C10H15N5S2/c1-4-6(11)9-13-14-10(16-9)8-7(5(2)3)12-15-17-8/h5-6H,4,11H2,1-3H3. The van der Waals surface area contributed by atoms with Gasteiger partial charge in [0.2, 0.25) is 0 Å². The van der Waals surface area contributed by atoms with Crippen molar-refractivity contribution in [2.75, 3.05) is 0 Å². The molecule has 0 aliphatic rings. The molecule has 0 spiro atoms. The van der Waals surface area contributed by atoms with Gasteiger partial charge in [0.05, 0.1) is 11.7 Å². The maximum absolute atomic E-state index is 5.94. The molecule has 7 heteroatoms. The lowest BCUT2D eigenvalue weighted by Crippen LogP contribution is -2.07. The molecule has 5 nitrogen and oxygen atoms in total. The third kappa shape index (κ3) is 2.51. The van der Waals surface area contributed by atoms with Crippen molar-refractivity contribution in [3.8, 4) is 9.88 Å². The molecule has 0 aliphatic heterocycles. The monoisotopic (exact) mass is 269 g/mol. The smallest absolute Gasteiger partial charge is 0.161 e. The van der Waals surface area contributed by atoms with E-state index in [1.165, 1.54) is 22.9 Å². The molecule has 0 radical (unpaired) electrons. The molecular weight excluding hydrogens is 254 g/mol. The second-order valence-electron chi connectivity index (χ2n) is 4.10. The van der Waals surface area contributed by atoms with Gasteiger partial charge in [0.25, 0.3) is 0 Å². The van der Waals surface area contributed by atoms with Gasteiger partial charge in [-0.05, 0) is 23.9 Å². The first-order valence-corrected chi connectivity index (χ1v) is 7.14. The number of aromatic nitrogens is 4. The van der Waals surface area contributed by atoms with Crippen LogP contribution in [-0.2, 0) is 0 Å². The van der Waals surface area contributed by atoms with Crippen LogP contribution < -0.4 is 5.73 Å². The number of hydrogen-bond acceptors (Lipinski definition) is 7. The summed E-state index contributed by atoms with van der Waals surface area (Å²) in [4.78, 5) is 1.02. The quantitative estimate of drug-likeness (QED) is 0.923. The van der Waals surface area contributed by atoms with Gasteiger partial charge in [-0.15, -0.1) is 15.3 Å². The second-order valence-corrected chi connectivity index (χ2v) is 5.87. The van der Waals surface area contributed by atoms with Crippen molar-refractivity contribution in [2.45, 2.75) is 39.2 Å². The van der Waals surface area contributed by atoms with Gasteiger partial charge in [0.15, 0.2) is 5.01 Å². The van der Waals surface area contributed by atoms with Crippen LogP contribution in [0.25, 0.3) is 9.88 Å². The maximum Gasteiger partial charge on any atom is 0.161 e. The molecule has 1 atom stereocenters. The zero-order valence-electron chi connectivity index (χ0n) is 10.0. The van der Waals surface area contributed by atoms with Gasteiger partial charge >= 0.3 is 0 Å². The molecule has 92 valence electrons. The molecule has 0 fully saturated rings. The Bertz CT molecular complexity index is 490. The van der Waals surface area contributed by atoms with E-state index in [1.54, 1.807) is 0 Å². The lowest BCUT2D eigenvalue weighted by Gasteiger charge is -2.01. The third-order valence-electron chi connectivity index (χ3n) is 2.45. The van der Waals surface area contributed by atoms with E-state index in [2.05, 4.69) is 33.6 Å². The van der Waals surface area contributed by atoms with Gasteiger partial charge in [-0.3, -0.25) is 0 Å². The molecule has 0 saturated heterocycles. The fourth-order valence-corrected chi connectivity index (χ4v) is 3.19. The molecule has 0 amide bonds. The molecular formula is C10H15N5S2. The first-order valence-electron chi connectivity index (χ1n) is 5.55. The van der Waals surface area contributed by atoms with Crippen LogP contribution in [-0.4, -0.2) is 19.8 Å². The number of hydrogen-bond donors (Lipinski definition) is 1. The SMILES string of the molecule is CCC(N)c1nnc(-c2snnc2C(C)C)s1. The lowest BCUT2D eigenvalue weighted by molar-refractivity contribution is 0.683. The van der Waals surface area contributed by atoms with E-state index in [-0.39, 0.29) is 6.04 Å². The first kappa shape index (κ1) is 12.5. The van der Waals surface area contributed by atoms with Crippen molar-refractivity contribution >= 4 is 22.9 Å². The molecule has 17 heavy (non-hydrogen) atoms. The summed E-state index contributed by atoms with van der Waals surface area (Å²) in [6, 6.07) is -0.0235. The lowest BCUT2D eigenvalue weighted by atomic mass is 10.1. The Balaban J connectivity index is 2.34. The summed E-state index contributed by atoms with van der Waals surface area (Å²) in [5, 5.41) is 14.2. The summed E-state index contributed by atoms with van der Waals surface area (Å²) in [5.74, 6) is 0.343. The Morgan fingerprint density at radius 3 is 2.65 bits per heavy atom. The van der Waals surface area contributed by atoms with Crippen LogP contribution in [0.2, 0.25) is 0 Å². The summed E-state index contributed by atoms with van der Waals surface area (Å²) in [6.45, 7) is 6.24. The van der Waals surface area contributed by atoms with Crippen molar-refractivity contribution in [3.05, 3.63) is 10.7 Å². The van der Waals surface area contributed by atoms with E-state index < -0.39 is 0 Å². The van der Waals surface area contributed by atoms with Crippen molar-refractivity contribution in [1.29, 1.82) is 0 Å². The van der Waals surface area contributed by atoms with Crippen LogP contribution in [0.5, 0.6) is 0 Å². The van der Waals surface area contributed by atoms with Gasteiger partial charge in [-0.2, -0.15) is 0 Å². The molecule has 2 heterocycles. The van der Waals surface area contributed by atoms with Crippen molar-refractivity contribution in [2.24, 2.45) is 5.73 Å². The molecule has 0 saturated carbocycles. The molecule has 2 N–H and O–H groups in total. The van der Waals surface area contributed by atoms with E-state index in [1.807, 2.05) is 6.92 Å². The van der Waals surface area contributed by atoms with Crippen molar-refractivity contribution < 1.29 is 0 Å². The van der Waals surface area contributed by atoms with Crippen LogP contribution in [0, 0.1) is 0 Å². The highest BCUT2D eigenvalue weighted by Crippen LogP contribution is 2.33. The molecule has 2 rings (SSSR count). The topological polar surface area (TPSA) is 77.6 Å². The maximum atomic E-state index is 5.94. The Morgan fingerprint density at radius 2 is 2.00 bits per heavy atom. The average Bonchev–Trinajstić information content (AvgIpc) is 2.95. The largest absolute Gasteiger partial charge is 0.322 e. The predicted octanol–water partition coefficient (Wildman–Crippen LogP) is 2.59. The van der Waals surface area contributed by atoms with Crippen molar-refractivity contribution in [3.63, 3.8) is 0 Å². The molecule has 0 bridgehead atoms. The second kappa shape index (κ2) is 5.16. The minimum absolute atomic E-state index is 0.0235. The van der Waals surface area contributed by atoms with Gasteiger partial charge in [0.1, 0.15) is 9.88 Å². The number of rotatable bonds is 4. The Labute approximate surface area is 108 Å². The summed E-state index contributed by atoms with van der Waals surface area (Å²) in [7, 11) is 0. The average molecular weight is 269 g/mol. The fourth-order valence-electron chi connectivity index (χ4n) is 1.37. The van der Waals surface area contributed by atoms with Gasteiger partial charge in [0, 0.05) is 0 Å². The van der Waals surface area contributed by atoms with Gasteiger partial charge in [-0.25, -0.2) is 0 Å². The molecule has 0 aliphatic carbocycles. The minimum atomic E-state index is -0.0235. The fraction of sp³-hybridized carbons (Fsp3) is 0.600. The summed E-state index contributed by atoms with van der Waals surface area (Å²) < 4.78 is 3.99. The van der Waals surface area contributed by atoms with Crippen LogP contribution in [0.4, 0.5) is 0 Å². The number of nitrogens with zero attached hydrogens (tertiary/aromatic N) is 4. The molecule has 2 aromatic heterocycles. The van der Waals surface area contributed by atoms with Crippen LogP contribution >= 0.6 is 22.9 Å². The van der Waals surface area contributed by atoms with E-state index in [0.29, 0.717) is 5.92 Å². The van der Waals surface area contributed by atoms with E-state index in [4.69, 9.17) is 5.73 Å². The zero-order valence-corrected chi connectivity index (χ0v) is 11.7. The van der Waals surface area contributed by atoms with Gasteiger partial charge < -0.3 is 5.73 Å².